The van der Waals surface area contributed by atoms with Gasteiger partial charge in [-0.15, -0.1) is 0 Å². The fraction of sp³-hybridized carbons (Fsp3) is 0.455. The molecule has 0 saturated heterocycles. The number of aryl methyl sites for hydroxylation is 1. The van der Waals surface area contributed by atoms with Gasteiger partial charge in [0.2, 0.25) is 0 Å². The molecule has 1 rings (SSSR count). The van der Waals surface area contributed by atoms with Gasteiger partial charge in [0.25, 0.3) is 5.69 Å². The van der Waals surface area contributed by atoms with E-state index in [1.165, 1.54) is 6.07 Å². The molecule has 0 aromatic heterocycles. The second kappa shape index (κ2) is 3.53. The van der Waals surface area contributed by atoms with Crippen molar-refractivity contribution in [1.82, 2.24) is 0 Å². The SMILES string of the molecule is Cc1ccc([N+](=O)[O-])c(C(C)(C)C)c1N. The highest BCUT2D eigenvalue weighted by atomic mass is 16.6. The Morgan fingerprint density at radius 2 is 1.87 bits per heavy atom. The van der Waals surface area contributed by atoms with Crippen LogP contribution in [0.5, 0.6) is 0 Å². The van der Waals surface area contributed by atoms with Crippen molar-refractivity contribution < 1.29 is 4.92 Å². The van der Waals surface area contributed by atoms with Crippen LogP contribution in [-0.2, 0) is 5.41 Å². The van der Waals surface area contributed by atoms with Crippen LogP contribution in [-0.4, -0.2) is 4.92 Å². The maximum absolute atomic E-state index is 10.9. The van der Waals surface area contributed by atoms with E-state index in [1.54, 1.807) is 6.07 Å². The largest absolute Gasteiger partial charge is 0.398 e. The van der Waals surface area contributed by atoms with E-state index in [2.05, 4.69) is 0 Å². The van der Waals surface area contributed by atoms with Gasteiger partial charge < -0.3 is 5.73 Å². The van der Waals surface area contributed by atoms with E-state index >= 15 is 0 Å². The summed E-state index contributed by atoms with van der Waals surface area (Å²) >= 11 is 0. The highest BCUT2D eigenvalue weighted by Gasteiger charge is 2.27. The highest BCUT2D eigenvalue weighted by molar-refractivity contribution is 5.64. The van der Waals surface area contributed by atoms with Crippen LogP contribution in [0.3, 0.4) is 0 Å². The van der Waals surface area contributed by atoms with E-state index < -0.39 is 0 Å². The molecule has 0 bridgehead atoms. The smallest absolute Gasteiger partial charge is 0.275 e. The van der Waals surface area contributed by atoms with Crippen molar-refractivity contribution in [3.05, 3.63) is 33.4 Å². The number of anilines is 1. The summed E-state index contributed by atoms with van der Waals surface area (Å²) in [6.45, 7) is 7.62. The van der Waals surface area contributed by atoms with Crippen molar-refractivity contribution >= 4 is 11.4 Å². The Kier molecular flexibility index (Phi) is 2.71. The number of nitrogen functional groups attached to an aromatic ring is 1. The third-order valence-electron chi connectivity index (χ3n) is 2.39. The molecule has 0 heterocycles. The third kappa shape index (κ3) is 2.09. The number of benzene rings is 1. The molecule has 1 aromatic carbocycles. The molecule has 0 unspecified atom stereocenters. The summed E-state index contributed by atoms with van der Waals surface area (Å²) in [5.41, 5.74) is 7.71. The predicted molar refractivity (Wildman–Crippen MR) is 60.9 cm³/mol. The average molecular weight is 208 g/mol. The highest BCUT2D eigenvalue weighted by Crippen LogP contribution is 2.37. The summed E-state index contributed by atoms with van der Waals surface area (Å²) in [5, 5.41) is 10.9. The summed E-state index contributed by atoms with van der Waals surface area (Å²) in [7, 11) is 0. The van der Waals surface area contributed by atoms with E-state index in [0.29, 0.717) is 11.3 Å². The second-order valence-corrected chi connectivity index (χ2v) is 4.70. The molecule has 4 heteroatoms. The van der Waals surface area contributed by atoms with Crippen LogP contribution in [0.25, 0.3) is 0 Å². The van der Waals surface area contributed by atoms with E-state index in [1.807, 2.05) is 27.7 Å². The molecule has 2 N–H and O–H groups in total. The van der Waals surface area contributed by atoms with E-state index in [0.717, 1.165) is 5.56 Å². The lowest BCUT2D eigenvalue weighted by atomic mass is 9.83. The van der Waals surface area contributed by atoms with Crippen LogP contribution in [0.15, 0.2) is 12.1 Å². The zero-order valence-corrected chi connectivity index (χ0v) is 9.50. The van der Waals surface area contributed by atoms with Gasteiger partial charge in [-0.2, -0.15) is 0 Å². The van der Waals surface area contributed by atoms with Crippen molar-refractivity contribution in [2.45, 2.75) is 33.1 Å². The van der Waals surface area contributed by atoms with Crippen molar-refractivity contribution in [2.24, 2.45) is 0 Å². The fourth-order valence-corrected chi connectivity index (χ4v) is 1.65. The van der Waals surface area contributed by atoms with Crippen LogP contribution in [0.4, 0.5) is 11.4 Å². The van der Waals surface area contributed by atoms with Gasteiger partial charge in [0.15, 0.2) is 0 Å². The number of nitro groups is 1. The lowest BCUT2D eigenvalue weighted by Gasteiger charge is -2.21. The quantitative estimate of drug-likeness (QED) is 0.438. The molecule has 15 heavy (non-hydrogen) atoms. The van der Waals surface area contributed by atoms with Gasteiger partial charge >= 0.3 is 0 Å². The lowest BCUT2D eigenvalue weighted by Crippen LogP contribution is -2.17. The monoisotopic (exact) mass is 208 g/mol. The van der Waals surface area contributed by atoms with Crippen molar-refractivity contribution in [2.75, 3.05) is 5.73 Å². The summed E-state index contributed by atoms with van der Waals surface area (Å²) in [5.74, 6) is 0. The van der Waals surface area contributed by atoms with Crippen LogP contribution in [0.2, 0.25) is 0 Å². The van der Waals surface area contributed by atoms with Crippen molar-refractivity contribution in [3.63, 3.8) is 0 Å². The van der Waals surface area contributed by atoms with Crippen LogP contribution >= 0.6 is 0 Å². The first-order valence-electron chi connectivity index (χ1n) is 4.79. The molecule has 4 nitrogen and oxygen atoms in total. The Balaban J connectivity index is 3.57. The first kappa shape index (κ1) is 11.5. The summed E-state index contributed by atoms with van der Waals surface area (Å²) in [6, 6.07) is 3.20. The number of nitrogens with two attached hydrogens (primary N) is 1. The van der Waals surface area contributed by atoms with E-state index in [4.69, 9.17) is 5.73 Å². The third-order valence-corrected chi connectivity index (χ3v) is 2.39. The van der Waals surface area contributed by atoms with Gasteiger partial charge in [-0.1, -0.05) is 26.8 Å². The molecule has 0 aliphatic rings. The van der Waals surface area contributed by atoms with Gasteiger partial charge in [0, 0.05) is 11.8 Å². The van der Waals surface area contributed by atoms with Gasteiger partial charge in [0.1, 0.15) is 0 Å². The zero-order valence-electron chi connectivity index (χ0n) is 9.50. The zero-order chi connectivity index (χ0) is 11.8. The van der Waals surface area contributed by atoms with Crippen LogP contribution in [0, 0.1) is 17.0 Å². The fourth-order valence-electron chi connectivity index (χ4n) is 1.65. The molecular weight excluding hydrogens is 192 g/mol. The molecule has 0 spiro atoms. The summed E-state index contributed by atoms with van der Waals surface area (Å²) in [4.78, 5) is 10.5. The summed E-state index contributed by atoms with van der Waals surface area (Å²) < 4.78 is 0. The number of hydrogen-bond acceptors (Lipinski definition) is 3. The molecule has 0 fully saturated rings. The topological polar surface area (TPSA) is 69.2 Å². The van der Waals surface area contributed by atoms with Gasteiger partial charge in [-0.25, -0.2) is 0 Å². The van der Waals surface area contributed by atoms with Crippen LogP contribution < -0.4 is 5.73 Å². The molecule has 0 aliphatic carbocycles. The molecule has 0 aliphatic heterocycles. The molecule has 1 aromatic rings. The Bertz CT molecular complexity index is 406. The van der Waals surface area contributed by atoms with E-state index in [-0.39, 0.29) is 16.0 Å². The maximum Gasteiger partial charge on any atom is 0.275 e. The molecule has 0 atom stereocenters. The van der Waals surface area contributed by atoms with Gasteiger partial charge in [-0.3, -0.25) is 10.1 Å². The normalized spacial score (nSPS) is 11.5. The van der Waals surface area contributed by atoms with Gasteiger partial charge in [-0.05, 0) is 17.9 Å². The Hall–Kier alpha value is -1.58. The first-order valence-corrected chi connectivity index (χ1v) is 4.79. The Morgan fingerprint density at radius 3 is 2.27 bits per heavy atom. The van der Waals surface area contributed by atoms with Gasteiger partial charge in [0.05, 0.1) is 10.5 Å². The molecular formula is C11H16N2O2. The minimum Gasteiger partial charge on any atom is -0.398 e. The standard InChI is InChI=1S/C11H16N2O2/c1-7-5-6-8(13(14)15)9(10(7)12)11(2,3)4/h5-6H,12H2,1-4H3. The average Bonchev–Trinajstić information content (AvgIpc) is 2.06. The van der Waals surface area contributed by atoms with E-state index in [9.17, 15) is 10.1 Å². The number of nitrogens with zero attached hydrogens (tertiary/aromatic N) is 1. The lowest BCUT2D eigenvalue weighted by molar-refractivity contribution is -0.385. The predicted octanol–water partition coefficient (Wildman–Crippen LogP) is 2.78. The molecule has 0 radical (unpaired) electrons. The Morgan fingerprint density at radius 1 is 1.33 bits per heavy atom. The number of rotatable bonds is 1. The van der Waals surface area contributed by atoms with Crippen molar-refractivity contribution in [3.8, 4) is 0 Å². The molecule has 0 amide bonds. The first-order chi connectivity index (χ1) is 6.75. The van der Waals surface area contributed by atoms with Crippen LogP contribution in [0.1, 0.15) is 31.9 Å². The summed E-state index contributed by atoms with van der Waals surface area (Å²) in [6.07, 6.45) is 0. The molecule has 82 valence electrons. The maximum atomic E-state index is 10.9. The van der Waals surface area contributed by atoms with Crippen molar-refractivity contribution in [1.29, 1.82) is 0 Å². The number of hydrogen-bond donors (Lipinski definition) is 1. The number of nitro benzene ring substituents is 1. The minimum absolute atomic E-state index is 0.102. The second-order valence-electron chi connectivity index (χ2n) is 4.70. The minimum atomic E-state index is -0.379. The Labute approximate surface area is 89.2 Å². The molecule has 0 saturated carbocycles.